The molecule has 0 aliphatic heterocycles. The van der Waals surface area contributed by atoms with Crippen LogP contribution in [0, 0.1) is 5.92 Å². The normalized spacial score (nSPS) is 15.8. The maximum atomic E-state index is 12.9. The van der Waals surface area contributed by atoms with Crippen molar-refractivity contribution >= 4 is 33.4 Å². The average molecular weight is 359 g/mol. The molecule has 0 bridgehead atoms. The van der Waals surface area contributed by atoms with Crippen LogP contribution in [0.5, 0.6) is 0 Å². The SMILES string of the molecule is CC(C)CN(C(=O)c1ccc(Cl)cc1Br)C1CCCC1. The summed E-state index contributed by atoms with van der Waals surface area (Å²) in [4.78, 5) is 14.9. The van der Waals surface area contributed by atoms with Crippen LogP contribution in [-0.2, 0) is 0 Å². The molecule has 0 atom stereocenters. The van der Waals surface area contributed by atoms with Gasteiger partial charge in [0.1, 0.15) is 0 Å². The van der Waals surface area contributed by atoms with Gasteiger partial charge in [-0.1, -0.05) is 38.3 Å². The maximum Gasteiger partial charge on any atom is 0.255 e. The second kappa shape index (κ2) is 6.95. The fourth-order valence-electron chi connectivity index (χ4n) is 2.82. The Morgan fingerprint density at radius 3 is 2.60 bits per heavy atom. The van der Waals surface area contributed by atoms with Crippen LogP contribution in [-0.4, -0.2) is 23.4 Å². The van der Waals surface area contributed by atoms with Crippen molar-refractivity contribution in [3.8, 4) is 0 Å². The van der Waals surface area contributed by atoms with Crippen molar-refractivity contribution in [2.24, 2.45) is 5.92 Å². The van der Waals surface area contributed by atoms with E-state index in [1.807, 2.05) is 6.07 Å². The topological polar surface area (TPSA) is 20.3 Å². The van der Waals surface area contributed by atoms with Gasteiger partial charge in [-0.15, -0.1) is 0 Å². The molecule has 0 heterocycles. The predicted octanol–water partition coefficient (Wildman–Crippen LogP) is 5.14. The predicted molar refractivity (Wildman–Crippen MR) is 87.3 cm³/mol. The van der Waals surface area contributed by atoms with Gasteiger partial charge in [0.05, 0.1) is 5.56 Å². The molecule has 1 amide bonds. The summed E-state index contributed by atoms with van der Waals surface area (Å²) in [6.45, 7) is 5.14. The Morgan fingerprint density at radius 2 is 2.05 bits per heavy atom. The molecule has 1 aromatic rings. The molecule has 20 heavy (non-hydrogen) atoms. The highest BCUT2D eigenvalue weighted by molar-refractivity contribution is 9.10. The Morgan fingerprint density at radius 1 is 1.40 bits per heavy atom. The van der Waals surface area contributed by atoms with Crippen molar-refractivity contribution in [1.82, 2.24) is 4.90 Å². The first-order valence-corrected chi connectivity index (χ1v) is 8.42. The van der Waals surface area contributed by atoms with Crippen molar-refractivity contribution in [2.75, 3.05) is 6.54 Å². The highest BCUT2D eigenvalue weighted by atomic mass is 79.9. The van der Waals surface area contributed by atoms with Gasteiger partial charge < -0.3 is 4.90 Å². The van der Waals surface area contributed by atoms with Gasteiger partial charge in [0.2, 0.25) is 0 Å². The molecule has 110 valence electrons. The molecular formula is C16H21BrClNO. The molecule has 1 fully saturated rings. The van der Waals surface area contributed by atoms with Gasteiger partial charge in [-0.25, -0.2) is 0 Å². The van der Waals surface area contributed by atoms with E-state index in [0.29, 0.717) is 22.5 Å². The second-order valence-corrected chi connectivity index (χ2v) is 7.20. The van der Waals surface area contributed by atoms with Gasteiger partial charge in [0.15, 0.2) is 0 Å². The molecule has 1 aliphatic rings. The van der Waals surface area contributed by atoms with Crippen molar-refractivity contribution in [1.29, 1.82) is 0 Å². The van der Waals surface area contributed by atoms with Gasteiger partial charge >= 0.3 is 0 Å². The lowest BCUT2D eigenvalue weighted by Gasteiger charge is -2.31. The number of carbonyl (C=O) groups excluding carboxylic acids is 1. The minimum absolute atomic E-state index is 0.120. The summed E-state index contributed by atoms with van der Waals surface area (Å²) in [5.74, 6) is 0.597. The third-order valence-electron chi connectivity index (χ3n) is 3.75. The van der Waals surface area contributed by atoms with Crippen LogP contribution in [0.15, 0.2) is 22.7 Å². The molecule has 1 aliphatic carbocycles. The first kappa shape index (κ1) is 15.8. The Bertz CT molecular complexity index is 483. The highest BCUT2D eigenvalue weighted by Crippen LogP contribution is 2.28. The van der Waals surface area contributed by atoms with Gasteiger partial charge in [-0.2, -0.15) is 0 Å². The van der Waals surface area contributed by atoms with E-state index in [0.717, 1.165) is 23.9 Å². The summed E-state index contributed by atoms with van der Waals surface area (Å²) in [7, 11) is 0. The van der Waals surface area contributed by atoms with E-state index in [-0.39, 0.29) is 5.91 Å². The summed E-state index contributed by atoms with van der Waals surface area (Å²) in [6.07, 6.45) is 4.72. The summed E-state index contributed by atoms with van der Waals surface area (Å²) in [5.41, 5.74) is 0.710. The minimum atomic E-state index is 0.120. The second-order valence-electron chi connectivity index (χ2n) is 5.91. The summed E-state index contributed by atoms with van der Waals surface area (Å²) < 4.78 is 0.779. The number of rotatable bonds is 4. The minimum Gasteiger partial charge on any atom is -0.335 e. The molecular weight excluding hydrogens is 338 g/mol. The number of carbonyl (C=O) groups is 1. The monoisotopic (exact) mass is 357 g/mol. The molecule has 1 aromatic carbocycles. The van der Waals surface area contributed by atoms with Crippen LogP contribution >= 0.6 is 27.5 Å². The molecule has 4 heteroatoms. The Balaban J connectivity index is 2.24. The van der Waals surface area contributed by atoms with Crippen molar-refractivity contribution in [2.45, 2.75) is 45.6 Å². The molecule has 1 saturated carbocycles. The number of hydrogen-bond acceptors (Lipinski definition) is 1. The van der Waals surface area contributed by atoms with Crippen LogP contribution in [0.25, 0.3) is 0 Å². The van der Waals surface area contributed by atoms with E-state index in [4.69, 9.17) is 11.6 Å². The zero-order valence-electron chi connectivity index (χ0n) is 12.0. The van der Waals surface area contributed by atoms with Crippen LogP contribution < -0.4 is 0 Å². The third kappa shape index (κ3) is 3.76. The van der Waals surface area contributed by atoms with E-state index >= 15 is 0 Å². The van der Waals surface area contributed by atoms with E-state index in [1.54, 1.807) is 12.1 Å². The lowest BCUT2D eigenvalue weighted by atomic mass is 10.1. The Labute approximate surface area is 134 Å². The molecule has 2 nitrogen and oxygen atoms in total. The maximum absolute atomic E-state index is 12.9. The average Bonchev–Trinajstić information content (AvgIpc) is 2.88. The largest absolute Gasteiger partial charge is 0.335 e. The lowest BCUT2D eigenvalue weighted by molar-refractivity contribution is 0.0654. The van der Waals surface area contributed by atoms with Gasteiger partial charge in [-0.3, -0.25) is 4.79 Å². The zero-order valence-corrected chi connectivity index (χ0v) is 14.4. The number of hydrogen-bond donors (Lipinski definition) is 0. The van der Waals surface area contributed by atoms with E-state index in [2.05, 4.69) is 34.7 Å². The quantitative estimate of drug-likeness (QED) is 0.729. The highest BCUT2D eigenvalue weighted by Gasteiger charge is 2.28. The smallest absolute Gasteiger partial charge is 0.255 e. The van der Waals surface area contributed by atoms with Gasteiger partial charge in [0, 0.05) is 22.1 Å². The van der Waals surface area contributed by atoms with Gasteiger partial charge in [0.25, 0.3) is 5.91 Å². The van der Waals surface area contributed by atoms with E-state index in [1.165, 1.54) is 12.8 Å². The van der Waals surface area contributed by atoms with Crippen molar-refractivity contribution in [3.05, 3.63) is 33.3 Å². The summed E-state index contributed by atoms with van der Waals surface area (Å²) in [5, 5.41) is 0.643. The standard InChI is InChI=1S/C16H21BrClNO/c1-11(2)10-19(13-5-3-4-6-13)16(20)14-8-7-12(18)9-15(14)17/h7-9,11,13H,3-6,10H2,1-2H3. The zero-order chi connectivity index (χ0) is 14.7. The molecule has 0 radical (unpaired) electrons. The van der Waals surface area contributed by atoms with Crippen molar-refractivity contribution in [3.63, 3.8) is 0 Å². The van der Waals surface area contributed by atoms with Crippen molar-refractivity contribution < 1.29 is 4.79 Å². The van der Waals surface area contributed by atoms with Crippen LogP contribution in [0.4, 0.5) is 0 Å². The van der Waals surface area contributed by atoms with Gasteiger partial charge in [-0.05, 0) is 52.9 Å². The molecule has 0 N–H and O–H groups in total. The first-order chi connectivity index (χ1) is 9.49. The van der Waals surface area contributed by atoms with E-state index < -0.39 is 0 Å². The molecule has 0 spiro atoms. The number of halogens is 2. The van der Waals surface area contributed by atoms with Crippen LogP contribution in [0.3, 0.4) is 0 Å². The number of benzene rings is 1. The van der Waals surface area contributed by atoms with Crippen LogP contribution in [0.2, 0.25) is 5.02 Å². The fraction of sp³-hybridized carbons (Fsp3) is 0.562. The summed E-state index contributed by atoms with van der Waals surface area (Å²) >= 11 is 9.42. The summed E-state index contributed by atoms with van der Waals surface area (Å²) in [6, 6.07) is 5.78. The third-order valence-corrected chi connectivity index (χ3v) is 4.64. The molecule has 0 aromatic heterocycles. The Hall–Kier alpha value is -0.540. The molecule has 0 unspecified atom stereocenters. The fourth-order valence-corrected chi connectivity index (χ4v) is 3.68. The molecule has 0 saturated heterocycles. The van der Waals surface area contributed by atoms with E-state index in [9.17, 15) is 4.79 Å². The lowest BCUT2D eigenvalue weighted by Crippen LogP contribution is -2.41. The Kier molecular flexibility index (Phi) is 5.50. The van der Waals surface area contributed by atoms with Crippen LogP contribution in [0.1, 0.15) is 49.9 Å². The number of amides is 1. The number of nitrogens with zero attached hydrogens (tertiary/aromatic N) is 1. The first-order valence-electron chi connectivity index (χ1n) is 7.25. The molecule has 2 rings (SSSR count).